The summed E-state index contributed by atoms with van der Waals surface area (Å²) >= 11 is 0. The fourth-order valence-corrected chi connectivity index (χ4v) is 2.48. The number of hydrogen-bond donors (Lipinski definition) is 2. The van der Waals surface area contributed by atoms with Crippen LogP contribution in [-0.2, 0) is 0 Å². The van der Waals surface area contributed by atoms with Gasteiger partial charge in [-0.1, -0.05) is 26.2 Å². The van der Waals surface area contributed by atoms with Crippen molar-refractivity contribution in [2.45, 2.75) is 39.0 Å². The van der Waals surface area contributed by atoms with Gasteiger partial charge in [0, 0.05) is 5.41 Å². The van der Waals surface area contributed by atoms with Crippen molar-refractivity contribution >= 4 is 0 Å². The Kier molecular flexibility index (Phi) is 3.53. The van der Waals surface area contributed by atoms with Crippen LogP contribution in [0, 0.1) is 11.3 Å². The minimum absolute atomic E-state index is 0.155. The molecule has 1 rings (SSSR count). The standard InChI is InChI=1S/C10H20O2/c1-2-9-5-3-4-6-10(9,7-11)8-12/h9,11-12H,2-8H2,1H3. The Morgan fingerprint density at radius 1 is 1.25 bits per heavy atom. The summed E-state index contributed by atoms with van der Waals surface area (Å²) in [5, 5.41) is 18.6. The molecule has 0 heterocycles. The van der Waals surface area contributed by atoms with Crippen molar-refractivity contribution in [1.82, 2.24) is 0 Å². The molecule has 0 aromatic heterocycles. The third kappa shape index (κ3) is 1.64. The number of aliphatic hydroxyl groups is 2. The zero-order valence-electron chi connectivity index (χ0n) is 7.92. The lowest BCUT2D eigenvalue weighted by Crippen LogP contribution is -2.40. The van der Waals surface area contributed by atoms with Gasteiger partial charge in [0.15, 0.2) is 0 Å². The molecule has 1 saturated carbocycles. The van der Waals surface area contributed by atoms with Gasteiger partial charge in [0.1, 0.15) is 0 Å². The van der Waals surface area contributed by atoms with E-state index in [-0.39, 0.29) is 18.6 Å². The molecule has 2 N–H and O–H groups in total. The van der Waals surface area contributed by atoms with Crippen molar-refractivity contribution in [2.75, 3.05) is 13.2 Å². The van der Waals surface area contributed by atoms with E-state index in [0.29, 0.717) is 5.92 Å². The van der Waals surface area contributed by atoms with E-state index < -0.39 is 0 Å². The van der Waals surface area contributed by atoms with Gasteiger partial charge < -0.3 is 10.2 Å². The van der Waals surface area contributed by atoms with Crippen LogP contribution >= 0.6 is 0 Å². The summed E-state index contributed by atoms with van der Waals surface area (Å²) in [6.07, 6.45) is 5.69. The van der Waals surface area contributed by atoms with Gasteiger partial charge in [0.25, 0.3) is 0 Å². The van der Waals surface area contributed by atoms with E-state index >= 15 is 0 Å². The first-order valence-corrected chi connectivity index (χ1v) is 5.01. The first-order valence-electron chi connectivity index (χ1n) is 5.01. The minimum Gasteiger partial charge on any atom is -0.396 e. The van der Waals surface area contributed by atoms with Gasteiger partial charge in [-0.05, 0) is 18.8 Å². The van der Waals surface area contributed by atoms with Crippen LogP contribution in [0.25, 0.3) is 0 Å². The van der Waals surface area contributed by atoms with E-state index in [4.69, 9.17) is 0 Å². The molecular weight excluding hydrogens is 152 g/mol. The molecule has 1 aliphatic carbocycles. The summed E-state index contributed by atoms with van der Waals surface area (Å²) < 4.78 is 0. The second-order valence-corrected chi connectivity index (χ2v) is 4.03. The lowest BCUT2D eigenvalue weighted by Gasteiger charge is -2.41. The van der Waals surface area contributed by atoms with Crippen LogP contribution in [0.5, 0.6) is 0 Å². The van der Waals surface area contributed by atoms with Gasteiger partial charge >= 0.3 is 0 Å². The lowest BCUT2D eigenvalue weighted by molar-refractivity contribution is -0.0260. The third-order valence-electron chi connectivity index (χ3n) is 3.47. The molecule has 1 atom stereocenters. The molecule has 2 nitrogen and oxygen atoms in total. The molecule has 2 heteroatoms. The van der Waals surface area contributed by atoms with E-state index in [2.05, 4.69) is 6.92 Å². The molecule has 0 spiro atoms. The smallest absolute Gasteiger partial charge is 0.0512 e. The highest BCUT2D eigenvalue weighted by molar-refractivity contribution is 4.88. The maximum absolute atomic E-state index is 9.28. The number of hydrogen-bond acceptors (Lipinski definition) is 2. The van der Waals surface area contributed by atoms with Crippen LogP contribution in [0.1, 0.15) is 39.0 Å². The lowest BCUT2D eigenvalue weighted by atomic mass is 9.66. The average molecular weight is 172 g/mol. The third-order valence-corrected chi connectivity index (χ3v) is 3.47. The van der Waals surface area contributed by atoms with Gasteiger partial charge in [0.2, 0.25) is 0 Å². The van der Waals surface area contributed by atoms with Crippen LogP contribution in [-0.4, -0.2) is 23.4 Å². The molecule has 0 aromatic carbocycles. The molecular formula is C10H20O2. The largest absolute Gasteiger partial charge is 0.396 e. The number of rotatable bonds is 3. The first kappa shape index (κ1) is 10.0. The molecule has 0 aromatic rings. The highest BCUT2D eigenvalue weighted by atomic mass is 16.3. The second kappa shape index (κ2) is 4.24. The van der Waals surface area contributed by atoms with Crippen LogP contribution < -0.4 is 0 Å². The molecule has 0 saturated heterocycles. The van der Waals surface area contributed by atoms with Crippen molar-refractivity contribution in [1.29, 1.82) is 0 Å². The normalized spacial score (nSPS) is 28.8. The summed E-state index contributed by atoms with van der Waals surface area (Å²) in [4.78, 5) is 0. The van der Waals surface area contributed by atoms with E-state index in [0.717, 1.165) is 19.3 Å². The topological polar surface area (TPSA) is 40.5 Å². The van der Waals surface area contributed by atoms with Crippen molar-refractivity contribution in [3.05, 3.63) is 0 Å². The van der Waals surface area contributed by atoms with Crippen LogP contribution in [0.15, 0.2) is 0 Å². The molecule has 0 radical (unpaired) electrons. The minimum atomic E-state index is -0.160. The van der Waals surface area contributed by atoms with Crippen molar-refractivity contribution < 1.29 is 10.2 Å². The van der Waals surface area contributed by atoms with Crippen molar-refractivity contribution in [2.24, 2.45) is 11.3 Å². The Labute approximate surface area is 74.6 Å². The zero-order chi connectivity index (χ0) is 9.03. The summed E-state index contributed by atoms with van der Waals surface area (Å²) in [7, 11) is 0. The molecule has 0 amide bonds. The molecule has 0 bridgehead atoms. The van der Waals surface area contributed by atoms with Gasteiger partial charge in [-0.3, -0.25) is 0 Å². The Morgan fingerprint density at radius 2 is 1.92 bits per heavy atom. The molecule has 1 aliphatic rings. The molecule has 1 fully saturated rings. The summed E-state index contributed by atoms with van der Waals surface area (Å²) in [5.74, 6) is 0.529. The van der Waals surface area contributed by atoms with Crippen LogP contribution in [0.3, 0.4) is 0 Å². The molecule has 12 heavy (non-hydrogen) atoms. The highest BCUT2D eigenvalue weighted by Gasteiger charge is 2.38. The van der Waals surface area contributed by atoms with Gasteiger partial charge in [-0.15, -0.1) is 0 Å². The predicted octanol–water partition coefficient (Wildman–Crippen LogP) is 1.56. The Bertz CT molecular complexity index is 130. The summed E-state index contributed by atoms with van der Waals surface area (Å²) in [6, 6.07) is 0. The average Bonchev–Trinajstić information content (AvgIpc) is 2.17. The zero-order valence-corrected chi connectivity index (χ0v) is 7.92. The maximum Gasteiger partial charge on any atom is 0.0512 e. The quantitative estimate of drug-likeness (QED) is 0.678. The van der Waals surface area contributed by atoms with Crippen molar-refractivity contribution in [3.8, 4) is 0 Å². The SMILES string of the molecule is CCC1CCCCC1(CO)CO. The van der Waals surface area contributed by atoms with E-state index in [9.17, 15) is 10.2 Å². The van der Waals surface area contributed by atoms with Crippen LogP contribution in [0.2, 0.25) is 0 Å². The first-order chi connectivity index (χ1) is 5.79. The van der Waals surface area contributed by atoms with Crippen molar-refractivity contribution in [3.63, 3.8) is 0 Å². The fourth-order valence-electron chi connectivity index (χ4n) is 2.48. The Hall–Kier alpha value is -0.0800. The Morgan fingerprint density at radius 3 is 2.33 bits per heavy atom. The molecule has 1 unspecified atom stereocenters. The van der Waals surface area contributed by atoms with E-state index in [1.165, 1.54) is 12.8 Å². The van der Waals surface area contributed by atoms with E-state index in [1.54, 1.807) is 0 Å². The molecule has 0 aliphatic heterocycles. The maximum atomic E-state index is 9.28. The van der Waals surface area contributed by atoms with Crippen LogP contribution in [0.4, 0.5) is 0 Å². The number of aliphatic hydroxyl groups excluding tert-OH is 2. The summed E-state index contributed by atoms with van der Waals surface area (Å²) in [6.45, 7) is 2.46. The molecule has 72 valence electrons. The monoisotopic (exact) mass is 172 g/mol. The fraction of sp³-hybridized carbons (Fsp3) is 1.00. The van der Waals surface area contributed by atoms with Gasteiger partial charge in [-0.2, -0.15) is 0 Å². The Balaban J connectivity index is 2.66. The summed E-state index contributed by atoms with van der Waals surface area (Å²) in [5.41, 5.74) is -0.160. The van der Waals surface area contributed by atoms with Gasteiger partial charge in [-0.25, -0.2) is 0 Å². The van der Waals surface area contributed by atoms with E-state index in [1.807, 2.05) is 0 Å². The van der Waals surface area contributed by atoms with Gasteiger partial charge in [0.05, 0.1) is 13.2 Å². The highest BCUT2D eigenvalue weighted by Crippen LogP contribution is 2.42. The second-order valence-electron chi connectivity index (χ2n) is 4.03. The predicted molar refractivity (Wildman–Crippen MR) is 48.9 cm³/mol.